The molecular weight excluding hydrogens is 308 g/mol. The van der Waals surface area contributed by atoms with E-state index in [4.69, 9.17) is 16.7 Å². The number of nitrogens with zero attached hydrogens (tertiary/aromatic N) is 1. The van der Waals surface area contributed by atoms with Crippen LogP contribution in [0.15, 0.2) is 53.4 Å². The fourth-order valence-corrected chi connectivity index (χ4v) is 2.82. The van der Waals surface area contributed by atoms with Crippen LogP contribution in [0.5, 0.6) is 0 Å². The molecule has 0 aliphatic heterocycles. The van der Waals surface area contributed by atoms with Crippen LogP contribution in [0, 0.1) is 0 Å². The number of hydrogen-bond donors (Lipinski definition) is 1. The first-order valence-corrected chi connectivity index (χ1v) is 8.45. The fraction of sp³-hybridized carbons (Fsp3) is 0.200. The van der Waals surface area contributed by atoms with Gasteiger partial charge in [-0.3, -0.25) is 0 Å². The summed E-state index contributed by atoms with van der Waals surface area (Å²) in [5.41, 5.74) is 1.78. The zero-order valence-electron chi connectivity index (χ0n) is 11.7. The van der Waals surface area contributed by atoms with E-state index in [9.17, 15) is 8.42 Å². The van der Waals surface area contributed by atoms with Crippen molar-refractivity contribution in [2.24, 2.45) is 5.14 Å². The van der Waals surface area contributed by atoms with Crippen molar-refractivity contribution in [2.45, 2.75) is 18.4 Å². The van der Waals surface area contributed by atoms with Gasteiger partial charge in [-0.2, -0.15) is 0 Å². The number of rotatable bonds is 5. The number of nitrogens with two attached hydrogens (primary N) is 1. The van der Waals surface area contributed by atoms with Gasteiger partial charge in [-0.1, -0.05) is 29.8 Å². The summed E-state index contributed by atoms with van der Waals surface area (Å²) in [6.45, 7) is 3.33. The lowest BCUT2D eigenvalue weighted by molar-refractivity contribution is 0.597. The molecule has 4 nitrogen and oxygen atoms in total. The molecule has 0 atom stereocenters. The quantitative estimate of drug-likeness (QED) is 0.919. The number of hydrogen-bond acceptors (Lipinski definition) is 3. The summed E-state index contributed by atoms with van der Waals surface area (Å²) in [4.78, 5) is 2.18. The standard InChI is InChI=1S/C15H17ClN2O2S/c1-2-18(13-6-4-3-5-7-13)11-12-10-14(21(17,19)20)8-9-15(12)16/h3-10H,2,11H2,1H3,(H2,17,19,20). The molecular formula is C15H17ClN2O2S. The van der Waals surface area contributed by atoms with Crippen LogP contribution in [0.3, 0.4) is 0 Å². The van der Waals surface area contributed by atoms with Crippen molar-refractivity contribution >= 4 is 27.3 Å². The van der Waals surface area contributed by atoms with E-state index in [1.807, 2.05) is 37.3 Å². The molecule has 0 bridgehead atoms. The fourth-order valence-electron chi connectivity index (χ4n) is 2.08. The molecule has 0 aromatic heterocycles. The van der Waals surface area contributed by atoms with Crippen LogP contribution in [-0.2, 0) is 16.6 Å². The predicted octanol–water partition coefficient (Wildman–Crippen LogP) is 3.01. The predicted molar refractivity (Wildman–Crippen MR) is 86.0 cm³/mol. The van der Waals surface area contributed by atoms with Crippen LogP contribution in [0.2, 0.25) is 5.02 Å². The molecule has 0 radical (unpaired) electrons. The Bertz CT molecular complexity index is 718. The van der Waals surface area contributed by atoms with E-state index < -0.39 is 10.0 Å². The van der Waals surface area contributed by atoms with Gasteiger partial charge in [0, 0.05) is 23.8 Å². The molecule has 2 aromatic carbocycles. The van der Waals surface area contributed by atoms with Crippen molar-refractivity contribution in [3.63, 3.8) is 0 Å². The SMILES string of the molecule is CCN(Cc1cc(S(N)(=O)=O)ccc1Cl)c1ccccc1. The smallest absolute Gasteiger partial charge is 0.238 e. The third kappa shape index (κ3) is 3.97. The molecule has 2 N–H and O–H groups in total. The third-order valence-electron chi connectivity index (χ3n) is 3.21. The lowest BCUT2D eigenvalue weighted by Gasteiger charge is -2.24. The number of benzene rings is 2. The van der Waals surface area contributed by atoms with Gasteiger partial charge in [0.05, 0.1) is 4.90 Å². The molecule has 0 spiro atoms. The zero-order chi connectivity index (χ0) is 15.5. The Morgan fingerprint density at radius 3 is 2.38 bits per heavy atom. The van der Waals surface area contributed by atoms with Crippen molar-refractivity contribution in [3.05, 3.63) is 59.1 Å². The summed E-state index contributed by atoms with van der Waals surface area (Å²) >= 11 is 6.17. The highest BCUT2D eigenvalue weighted by atomic mass is 35.5. The third-order valence-corrected chi connectivity index (χ3v) is 4.49. The van der Waals surface area contributed by atoms with E-state index in [2.05, 4.69) is 4.90 Å². The second kappa shape index (κ2) is 6.47. The Morgan fingerprint density at radius 1 is 1.14 bits per heavy atom. The van der Waals surface area contributed by atoms with Crippen LogP contribution in [0.25, 0.3) is 0 Å². The highest BCUT2D eigenvalue weighted by molar-refractivity contribution is 7.89. The highest BCUT2D eigenvalue weighted by Crippen LogP contribution is 2.24. The van der Waals surface area contributed by atoms with Gasteiger partial charge in [0.25, 0.3) is 0 Å². The molecule has 0 amide bonds. The lowest BCUT2D eigenvalue weighted by atomic mass is 10.2. The van der Waals surface area contributed by atoms with Gasteiger partial charge in [-0.05, 0) is 42.8 Å². The largest absolute Gasteiger partial charge is 0.367 e. The van der Waals surface area contributed by atoms with Crippen LogP contribution < -0.4 is 10.0 Å². The van der Waals surface area contributed by atoms with Gasteiger partial charge in [0.15, 0.2) is 0 Å². The van der Waals surface area contributed by atoms with Crippen molar-refractivity contribution in [2.75, 3.05) is 11.4 Å². The Balaban J connectivity index is 2.34. The van der Waals surface area contributed by atoms with E-state index in [-0.39, 0.29) is 4.90 Å². The van der Waals surface area contributed by atoms with Crippen LogP contribution in [-0.4, -0.2) is 15.0 Å². The second-order valence-corrected chi connectivity index (χ2v) is 6.62. The van der Waals surface area contributed by atoms with Crippen LogP contribution in [0.1, 0.15) is 12.5 Å². The molecule has 2 aromatic rings. The van der Waals surface area contributed by atoms with Gasteiger partial charge in [0.2, 0.25) is 10.0 Å². The molecule has 2 rings (SSSR count). The normalized spacial score (nSPS) is 11.4. The molecule has 0 fully saturated rings. The summed E-state index contributed by atoms with van der Waals surface area (Å²) in [5.74, 6) is 0. The Hall–Kier alpha value is -1.56. The van der Waals surface area contributed by atoms with Crippen molar-refractivity contribution in [3.8, 4) is 0 Å². The molecule has 112 valence electrons. The van der Waals surface area contributed by atoms with E-state index >= 15 is 0 Å². The highest BCUT2D eigenvalue weighted by Gasteiger charge is 2.13. The van der Waals surface area contributed by atoms with Gasteiger partial charge >= 0.3 is 0 Å². The first-order chi connectivity index (χ1) is 9.91. The van der Waals surface area contributed by atoms with Gasteiger partial charge < -0.3 is 4.90 Å². The van der Waals surface area contributed by atoms with E-state index in [0.29, 0.717) is 11.6 Å². The van der Waals surface area contributed by atoms with Crippen molar-refractivity contribution < 1.29 is 8.42 Å². The average Bonchev–Trinajstić information content (AvgIpc) is 2.46. The summed E-state index contributed by atoms with van der Waals surface area (Å²) in [6.07, 6.45) is 0. The maximum atomic E-state index is 11.4. The Kier molecular flexibility index (Phi) is 4.88. The molecule has 6 heteroatoms. The molecule has 0 saturated carbocycles. The van der Waals surface area contributed by atoms with Crippen LogP contribution >= 0.6 is 11.6 Å². The maximum Gasteiger partial charge on any atom is 0.238 e. The summed E-state index contributed by atoms with van der Waals surface area (Å²) in [7, 11) is -3.73. The molecule has 0 heterocycles. The van der Waals surface area contributed by atoms with Crippen molar-refractivity contribution in [1.29, 1.82) is 0 Å². The van der Waals surface area contributed by atoms with Gasteiger partial charge in [0.1, 0.15) is 0 Å². The summed E-state index contributed by atoms with van der Waals surface area (Å²) in [5, 5.41) is 5.69. The first kappa shape index (κ1) is 15.8. The lowest BCUT2D eigenvalue weighted by Crippen LogP contribution is -2.22. The van der Waals surface area contributed by atoms with Crippen LogP contribution in [0.4, 0.5) is 5.69 Å². The second-order valence-electron chi connectivity index (χ2n) is 4.65. The number of primary sulfonamides is 1. The molecule has 0 saturated heterocycles. The minimum atomic E-state index is -3.73. The van der Waals surface area contributed by atoms with Crippen molar-refractivity contribution in [1.82, 2.24) is 0 Å². The number of para-hydroxylation sites is 1. The topological polar surface area (TPSA) is 63.4 Å². The maximum absolute atomic E-state index is 11.4. The minimum absolute atomic E-state index is 0.0750. The van der Waals surface area contributed by atoms with E-state index in [0.717, 1.165) is 17.8 Å². The summed E-state index contributed by atoms with van der Waals surface area (Å²) in [6, 6.07) is 14.4. The minimum Gasteiger partial charge on any atom is -0.367 e. The van der Waals surface area contributed by atoms with E-state index in [1.54, 1.807) is 6.07 Å². The molecule has 0 aliphatic carbocycles. The number of halogens is 1. The Morgan fingerprint density at radius 2 is 1.81 bits per heavy atom. The average molecular weight is 325 g/mol. The van der Waals surface area contributed by atoms with Gasteiger partial charge in [-0.15, -0.1) is 0 Å². The number of anilines is 1. The summed E-state index contributed by atoms with van der Waals surface area (Å²) < 4.78 is 22.9. The Labute approximate surface area is 130 Å². The monoisotopic (exact) mass is 324 g/mol. The van der Waals surface area contributed by atoms with Gasteiger partial charge in [-0.25, -0.2) is 13.6 Å². The zero-order valence-corrected chi connectivity index (χ0v) is 13.2. The first-order valence-electron chi connectivity index (χ1n) is 6.53. The van der Waals surface area contributed by atoms with E-state index in [1.165, 1.54) is 12.1 Å². The molecule has 21 heavy (non-hydrogen) atoms. The molecule has 0 unspecified atom stereocenters. The molecule has 0 aliphatic rings. The number of sulfonamides is 1.